The van der Waals surface area contributed by atoms with Gasteiger partial charge < -0.3 is 9.47 Å². The van der Waals surface area contributed by atoms with E-state index in [-0.39, 0.29) is 0 Å². The lowest BCUT2D eigenvalue weighted by molar-refractivity contribution is -0.132. The second-order valence-electron chi connectivity index (χ2n) is 4.83. The van der Waals surface area contributed by atoms with Crippen LogP contribution >= 0.6 is 11.6 Å². The van der Waals surface area contributed by atoms with E-state index in [9.17, 15) is 4.79 Å². The first-order valence-electron chi connectivity index (χ1n) is 6.39. The van der Waals surface area contributed by atoms with Gasteiger partial charge in [-0.15, -0.1) is 0 Å². The van der Waals surface area contributed by atoms with E-state index < -0.39 is 5.97 Å². The molecule has 1 heterocycles. The van der Waals surface area contributed by atoms with E-state index in [2.05, 4.69) is 9.97 Å². The normalized spacial score (nSPS) is 14.3. The molecule has 5 nitrogen and oxygen atoms in total. The first-order valence-corrected chi connectivity index (χ1v) is 6.77. The van der Waals surface area contributed by atoms with Crippen LogP contribution in [0.15, 0.2) is 18.5 Å². The van der Waals surface area contributed by atoms with Crippen LogP contribution in [0.25, 0.3) is 10.9 Å². The van der Waals surface area contributed by atoms with Crippen LogP contribution in [0.5, 0.6) is 11.5 Å². The van der Waals surface area contributed by atoms with Crippen LogP contribution < -0.4 is 9.47 Å². The van der Waals surface area contributed by atoms with Gasteiger partial charge in [-0.25, -0.2) is 9.97 Å². The molecule has 1 aromatic heterocycles. The fourth-order valence-electron chi connectivity index (χ4n) is 1.87. The van der Waals surface area contributed by atoms with Crippen LogP contribution in [0.1, 0.15) is 19.8 Å². The number of carbonyl (C=O) groups excluding carboxylic acids is 1. The molecule has 0 aliphatic heterocycles. The highest BCUT2D eigenvalue weighted by Crippen LogP contribution is 2.36. The van der Waals surface area contributed by atoms with Gasteiger partial charge in [-0.2, -0.15) is 0 Å². The van der Waals surface area contributed by atoms with Gasteiger partial charge in [0.15, 0.2) is 11.5 Å². The summed E-state index contributed by atoms with van der Waals surface area (Å²) in [6, 6.07) is 3.37. The Morgan fingerprint density at radius 1 is 1.35 bits per heavy atom. The summed E-state index contributed by atoms with van der Waals surface area (Å²) in [5.41, 5.74) is 0.611. The minimum Gasteiger partial charge on any atom is -0.489 e. The summed E-state index contributed by atoms with van der Waals surface area (Å²) in [4.78, 5) is 19.2. The number of esters is 1. The molecule has 0 saturated heterocycles. The Kier molecular flexibility index (Phi) is 3.44. The van der Waals surface area contributed by atoms with Crippen molar-refractivity contribution in [3.05, 3.63) is 23.6 Å². The highest BCUT2D eigenvalue weighted by molar-refractivity contribution is 6.34. The number of ether oxygens (including phenoxy) is 2. The van der Waals surface area contributed by atoms with Gasteiger partial charge >= 0.3 is 5.97 Å². The predicted molar refractivity (Wildman–Crippen MR) is 74.1 cm³/mol. The van der Waals surface area contributed by atoms with Crippen molar-refractivity contribution in [2.24, 2.45) is 5.92 Å². The molecule has 6 heteroatoms. The molecule has 1 saturated carbocycles. The van der Waals surface area contributed by atoms with Crippen LogP contribution in [0.2, 0.25) is 5.15 Å². The summed E-state index contributed by atoms with van der Waals surface area (Å²) in [5.74, 6) is 1.05. The van der Waals surface area contributed by atoms with E-state index in [0.29, 0.717) is 40.1 Å². The summed E-state index contributed by atoms with van der Waals surface area (Å²) in [6.45, 7) is 1.97. The SMILES string of the molecule is CC(=O)Oc1cc2ncnc(Cl)c2cc1OCC1CC1. The van der Waals surface area contributed by atoms with Crippen LogP contribution in [0.3, 0.4) is 0 Å². The topological polar surface area (TPSA) is 61.3 Å². The molecule has 0 unspecified atom stereocenters. The molecule has 2 aromatic rings. The van der Waals surface area contributed by atoms with Crippen LogP contribution in [-0.4, -0.2) is 22.5 Å². The average Bonchev–Trinajstić information content (AvgIpc) is 3.20. The lowest BCUT2D eigenvalue weighted by Gasteiger charge is -2.12. The maximum Gasteiger partial charge on any atom is 0.308 e. The predicted octanol–water partition coefficient (Wildman–Crippen LogP) is 3.00. The smallest absolute Gasteiger partial charge is 0.308 e. The van der Waals surface area contributed by atoms with Crippen LogP contribution in [0, 0.1) is 5.92 Å². The second-order valence-corrected chi connectivity index (χ2v) is 5.19. The number of nitrogens with zero attached hydrogens (tertiary/aromatic N) is 2. The van der Waals surface area contributed by atoms with E-state index in [1.54, 1.807) is 12.1 Å². The third-order valence-electron chi connectivity index (χ3n) is 3.08. The zero-order valence-corrected chi connectivity index (χ0v) is 11.7. The number of aromatic nitrogens is 2. The largest absolute Gasteiger partial charge is 0.489 e. The Morgan fingerprint density at radius 3 is 2.85 bits per heavy atom. The van der Waals surface area contributed by atoms with Gasteiger partial charge in [-0.05, 0) is 24.8 Å². The molecule has 1 aromatic carbocycles. The fourth-order valence-corrected chi connectivity index (χ4v) is 2.07. The van der Waals surface area contributed by atoms with E-state index in [1.165, 1.54) is 26.1 Å². The Balaban J connectivity index is 2.01. The highest BCUT2D eigenvalue weighted by Gasteiger charge is 2.23. The Morgan fingerprint density at radius 2 is 2.15 bits per heavy atom. The molecule has 0 spiro atoms. The molecule has 0 N–H and O–H groups in total. The maximum absolute atomic E-state index is 11.2. The molecule has 1 fully saturated rings. The highest BCUT2D eigenvalue weighted by atomic mass is 35.5. The lowest BCUT2D eigenvalue weighted by Crippen LogP contribution is -2.06. The average molecular weight is 293 g/mol. The number of fused-ring (bicyclic) bond motifs is 1. The number of carbonyl (C=O) groups is 1. The minimum atomic E-state index is -0.402. The van der Waals surface area contributed by atoms with Gasteiger partial charge in [0.1, 0.15) is 11.5 Å². The molecule has 3 rings (SSSR count). The van der Waals surface area contributed by atoms with Crippen molar-refractivity contribution in [3.8, 4) is 11.5 Å². The third-order valence-corrected chi connectivity index (χ3v) is 3.38. The quantitative estimate of drug-likeness (QED) is 0.492. The van der Waals surface area contributed by atoms with Crippen molar-refractivity contribution >= 4 is 28.5 Å². The lowest BCUT2D eigenvalue weighted by atomic mass is 10.2. The van der Waals surface area contributed by atoms with E-state index in [1.807, 2.05) is 0 Å². The van der Waals surface area contributed by atoms with Crippen molar-refractivity contribution < 1.29 is 14.3 Å². The van der Waals surface area contributed by atoms with Gasteiger partial charge in [-0.3, -0.25) is 4.79 Å². The zero-order valence-electron chi connectivity index (χ0n) is 10.9. The molecule has 20 heavy (non-hydrogen) atoms. The summed E-state index contributed by atoms with van der Waals surface area (Å²) in [6.07, 6.45) is 3.73. The number of benzene rings is 1. The van der Waals surface area contributed by atoms with E-state index in [4.69, 9.17) is 21.1 Å². The van der Waals surface area contributed by atoms with Gasteiger partial charge in [0, 0.05) is 18.4 Å². The van der Waals surface area contributed by atoms with Gasteiger partial charge in [0.25, 0.3) is 0 Å². The van der Waals surface area contributed by atoms with Gasteiger partial charge in [0.2, 0.25) is 0 Å². The van der Waals surface area contributed by atoms with Crippen molar-refractivity contribution in [1.29, 1.82) is 0 Å². The summed E-state index contributed by atoms with van der Waals surface area (Å²) >= 11 is 6.05. The van der Waals surface area contributed by atoms with Crippen molar-refractivity contribution in [2.45, 2.75) is 19.8 Å². The Labute approximate surface area is 120 Å². The molecule has 0 atom stereocenters. The number of rotatable bonds is 4. The molecular weight excluding hydrogens is 280 g/mol. The van der Waals surface area contributed by atoms with Gasteiger partial charge in [0.05, 0.1) is 12.1 Å². The number of halogens is 1. The van der Waals surface area contributed by atoms with E-state index in [0.717, 1.165) is 0 Å². The van der Waals surface area contributed by atoms with E-state index >= 15 is 0 Å². The van der Waals surface area contributed by atoms with Crippen LogP contribution in [-0.2, 0) is 4.79 Å². The summed E-state index contributed by atoms with van der Waals surface area (Å²) < 4.78 is 10.9. The first-order chi connectivity index (χ1) is 9.63. The Hall–Kier alpha value is -1.88. The zero-order chi connectivity index (χ0) is 14.1. The maximum atomic E-state index is 11.2. The molecule has 104 valence electrons. The molecule has 0 amide bonds. The molecule has 0 bridgehead atoms. The molecular formula is C14H13ClN2O3. The first kappa shape index (κ1) is 13.1. The Bertz CT molecular complexity index is 671. The fraction of sp³-hybridized carbons (Fsp3) is 0.357. The summed E-state index contributed by atoms with van der Waals surface area (Å²) in [7, 11) is 0. The summed E-state index contributed by atoms with van der Waals surface area (Å²) in [5, 5.41) is 1.02. The minimum absolute atomic E-state index is 0.348. The van der Waals surface area contributed by atoms with Crippen LogP contribution in [0.4, 0.5) is 0 Å². The van der Waals surface area contributed by atoms with Crippen molar-refractivity contribution in [2.75, 3.05) is 6.61 Å². The standard InChI is InChI=1S/C14H13ClN2O3/c1-8(18)20-13-5-11-10(14(15)17-7-16-11)4-12(13)19-6-9-2-3-9/h4-5,7,9H,2-3,6H2,1H3. The molecule has 1 aliphatic rings. The number of hydrogen-bond donors (Lipinski definition) is 0. The van der Waals surface area contributed by atoms with Gasteiger partial charge in [-0.1, -0.05) is 11.6 Å². The monoisotopic (exact) mass is 292 g/mol. The number of hydrogen-bond acceptors (Lipinski definition) is 5. The third kappa shape index (κ3) is 2.82. The molecule has 0 radical (unpaired) electrons. The van der Waals surface area contributed by atoms with Crippen molar-refractivity contribution in [3.63, 3.8) is 0 Å². The van der Waals surface area contributed by atoms with Crippen molar-refractivity contribution in [1.82, 2.24) is 9.97 Å². The second kappa shape index (κ2) is 5.25. The molecule has 1 aliphatic carbocycles.